The van der Waals surface area contributed by atoms with E-state index in [0.29, 0.717) is 17.9 Å². The molecule has 0 atom stereocenters. The van der Waals surface area contributed by atoms with Gasteiger partial charge in [-0.2, -0.15) is 0 Å². The molecule has 0 fully saturated rings. The quantitative estimate of drug-likeness (QED) is 0.797. The summed E-state index contributed by atoms with van der Waals surface area (Å²) in [5.74, 6) is 0.687. The number of benzene rings is 2. The van der Waals surface area contributed by atoms with Gasteiger partial charge in [-0.1, -0.05) is 60.2 Å². The van der Waals surface area contributed by atoms with Gasteiger partial charge in [-0.3, -0.25) is 4.79 Å². The van der Waals surface area contributed by atoms with Gasteiger partial charge in [0.2, 0.25) is 0 Å². The highest BCUT2D eigenvalue weighted by Gasteiger charge is 2.05. The minimum Gasteiger partial charge on any atom is -0.310 e. The van der Waals surface area contributed by atoms with Gasteiger partial charge in [0.05, 0.1) is 5.69 Å². The highest BCUT2D eigenvalue weighted by atomic mass is 16.1. The Labute approximate surface area is 123 Å². The van der Waals surface area contributed by atoms with Crippen LogP contribution < -0.4 is 5.56 Å². The van der Waals surface area contributed by atoms with Gasteiger partial charge in [-0.15, -0.1) is 0 Å². The fourth-order valence-corrected chi connectivity index (χ4v) is 2.36. The van der Waals surface area contributed by atoms with Gasteiger partial charge >= 0.3 is 0 Å². The zero-order valence-corrected chi connectivity index (χ0v) is 11.8. The summed E-state index contributed by atoms with van der Waals surface area (Å²) >= 11 is 0. The van der Waals surface area contributed by atoms with Crippen molar-refractivity contribution >= 4 is 0 Å². The van der Waals surface area contributed by atoms with Crippen LogP contribution in [0.25, 0.3) is 11.3 Å². The molecule has 0 aliphatic heterocycles. The van der Waals surface area contributed by atoms with Crippen LogP contribution in [-0.2, 0) is 6.42 Å². The molecule has 3 aromatic rings. The Bertz CT molecular complexity index is 807. The van der Waals surface area contributed by atoms with E-state index >= 15 is 0 Å². The summed E-state index contributed by atoms with van der Waals surface area (Å²) in [6, 6.07) is 19.5. The summed E-state index contributed by atoms with van der Waals surface area (Å²) in [6.45, 7) is 2.06. The zero-order valence-electron chi connectivity index (χ0n) is 11.8. The second-order valence-electron chi connectivity index (χ2n) is 5.11. The molecule has 1 N–H and O–H groups in total. The summed E-state index contributed by atoms with van der Waals surface area (Å²) in [5.41, 5.74) is 3.89. The summed E-state index contributed by atoms with van der Waals surface area (Å²) in [6.07, 6.45) is 0.623. The third-order valence-electron chi connectivity index (χ3n) is 3.31. The predicted molar refractivity (Wildman–Crippen MR) is 84.3 cm³/mol. The zero-order chi connectivity index (χ0) is 14.7. The second kappa shape index (κ2) is 5.75. The Balaban J connectivity index is 1.97. The number of rotatable bonds is 3. The number of nitrogens with zero attached hydrogens (tertiary/aromatic N) is 1. The fraction of sp³-hybridized carbons (Fsp3) is 0.111. The number of H-pyrrole nitrogens is 1. The first-order valence-corrected chi connectivity index (χ1v) is 6.92. The second-order valence-corrected chi connectivity index (χ2v) is 5.11. The van der Waals surface area contributed by atoms with E-state index in [4.69, 9.17) is 0 Å². The Kier molecular flexibility index (Phi) is 3.65. The number of aromatic amines is 1. The van der Waals surface area contributed by atoms with Gasteiger partial charge in [-0.25, -0.2) is 4.98 Å². The Morgan fingerprint density at radius 2 is 1.81 bits per heavy atom. The Hall–Kier alpha value is -2.68. The van der Waals surface area contributed by atoms with Crippen LogP contribution >= 0.6 is 0 Å². The highest BCUT2D eigenvalue weighted by Crippen LogP contribution is 2.15. The number of nitrogens with one attached hydrogen (secondary N) is 1. The lowest BCUT2D eigenvalue weighted by atomic mass is 10.1. The molecule has 1 aromatic heterocycles. The fourth-order valence-electron chi connectivity index (χ4n) is 2.36. The normalized spacial score (nSPS) is 10.5. The molecule has 0 spiro atoms. The summed E-state index contributed by atoms with van der Waals surface area (Å²) in [5, 5.41) is 0. The van der Waals surface area contributed by atoms with Crippen molar-refractivity contribution in [3.05, 3.63) is 88.0 Å². The minimum absolute atomic E-state index is 0.119. The number of aryl methyl sites for hydroxylation is 1. The first kappa shape index (κ1) is 13.3. The largest absolute Gasteiger partial charge is 0.310 e. The molecule has 3 nitrogen and oxygen atoms in total. The van der Waals surface area contributed by atoms with E-state index in [0.717, 1.165) is 11.1 Å². The summed E-state index contributed by atoms with van der Waals surface area (Å²) in [7, 11) is 0. The molecule has 21 heavy (non-hydrogen) atoms. The molecule has 0 bridgehead atoms. The molecule has 0 aliphatic rings. The van der Waals surface area contributed by atoms with Gasteiger partial charge in [0, 0.05) is 18.1 Å². The van der Waals surface area contributed by atoms with Crippen LogP contribution in [0.2, 0.25) is 0 Å². The minimum atomic E-state index is -0.119. The lowest BCUT2D eigenvalue weighted by Crippen LogP contribution is -2.11. The molecule has 0 radical (unpaired) electrons. The van der Waals surface area contributed by atoms with E-state index in [-0.39, 0.29) is 5.56 Å². The van der Waals surface area contributed by atoms with Crippen LogP contribution in [0.4, 0.5) is 0 Å². The third-order valence-corrected chi connectivity index (χ3v) is 3.31. The first-order valence-electron chi connectivity index (χ1n) is 6.92. The molecular weight excluding hydrogens is 260 g/mol. The third kappa shape index (κ3) is 3.26. The molecule has 0 saturated carbocycles. The monoisotopic (exact) mass is 276 g/mol. The van der Waals surface area contributed by atoms with Gasteiger partial charge in [0.1, 0.15) is 5.82 Å². The molecule has 0 saturated heterocycles. The van der Waals surface area contributed by atoms with Crippen molar-refractivity contribution in [2.75, 3.05) is 0 Å². The van der Waals surface area contributed by atoms with E-state index in [1.165, 1.54) is 11.6 Å². The SMILES string of the molecule is Cc1cccc(Cc2nc(-c3ccccc3)cc(=O)[nH]2)c1. The van der Waals surface area contributed by atoms with Crippen molar-refractivity contribution in [1.29, 1.82) is 0 Å². The lowest BCUT2D eigenvalue weighted by Gasteiger charge is -2.05. The van der Waals surface area contributed by atoms with Crippen molar-refractivity contribution in [3.63, 3.8) is 0 Å². The average molecular weight is 276 g/mol. The van der Waals surface area contributed by atoms with Crippen LogP contribution in [0.5, 0.6) is 0 Å². The van der Waals surface area contributed by atoms with Crippen molar-refractivity contribution in [2.24, 2.45) is 0 Å². The highest BCUT2D eigenvalue weighted by molar-refractivity contribution is 5.58. The molecular formula is C18H16N2O. The average Bonchev–Trinajstić information content (AvgIpc) is 2.47. The van der Waals surface area contributed by atoms with Crippen molar-refractivity contribution in [3.8, 4) is 11.3 Å². The van der Waals surface area contributed by atoms with Crippen LogP contribution in [-0.4, -0.2) is 9.97 Å². The van der Waals surface area contributed by atoms with E-state index in [9.17, 15) is 4.79 Å². The number of hydrogen-bond donors (Lipinski definition) is 1. The molecule has 3 heteroatoms. The van der Waals surface area contributed by atoms with Gasteiger partial charge in [0.25, 0.3) is 5.56 Å². The molecule has 2 aromatic carbocycles. The van der Waals surface area contributed by atoms with Crippen molar-refractivity contribution < 1.29 is 0 Å². The predicted octanol–water partition coefficient (Wildman–Crippen LogP) is 3.34. The first-order chi connectivity index (χ1) is 10.2. The maximum Gasteiger partial charge on any atom is 0.251 e. The Morgan fingerprint density at radius 1 is 1.00 bits per heavy atom. The van der Waals surface area contributed by atoms with E-state index < -0.39 is 0 Å². The van der Waals surface area contributed by atoms with E-state index in [2.05, 4.69) is 29.0 Å². The van der Waals surface area contributed by atoms with Crippen molar-refractivity contribution in [1.82, 2.24) is 9.97 Å². The van der Waals surface area contributed by atoms with Crippen LogP contribution in [0.15, 0.2) is 65.5 Å². The van der Waals surface area contributed by atoms with Gasteiger partial charge in [0.15, 0.2) is 0 Å². The smallest absolute Gasteiger partial charge is 0.251 e. The van der Waals surface area contributed by atoms with E-state index in [1.54, 1.807) is 0 Å². The molecule has 0 amide bonds. The molecule has 3 rings (SSSR count). The van der Waals surface area contributed by atoms with Gasteiger partial charge < -0.3 is 4.98 Å². The van der Waals surface area contributed by atoms with Gasteiger partial charge in [-0.05, 0) is 12.5 Å². The maximum absolute atomic E-state index is 11.8. The maximum atomic E-state index is 11.8. The van der Waals surface area contributed by atoms with Crippen molar-refractivity contribution in [2.45, 2.75) is 13.3 Å². The summed E-state index contributed by atoms with van der Waals surface area (Å²) < 4.78 is 0. The van der Waals surface area contributed by atoms with Crippen LogP contribution in [0, 0.1) is 6.92 Å². The number of aromatic nitrogens is 2. The molecule has 0 aliphatic carbocycles. The van der Waals surface area contributed by atoms with Crippen LogP contribution in [0.3, 0.4) is 0 Å². The molecule has 104 valence electrons. The topological polar surface area (TPSA) is 45.8 Å². The Morgan fingerprint density at radius 3 is 2.57 bits per heavy atom. The standard InChI is InChI=1S/C18H16N2O/c1-13-6-5-7-14(10-13)11-17-19-16(12-18(21)20-17)15-8-3-2-4-9-15/h2-10,12H,11H2,1H3,(H,19,20,21). The number of hydrogen-bond acceptors (Lipinski definition) is 2. The van der Waals surface area contributed by atoms with E-state index in [1.807, 2.05) is 42.5 Å². The molecule has 1 heterocycles. The molecule has 0 unspecified atom stereocenters. The summed E-state index contributed by atoms with van der Waals surface area (Å²) in [4.78, 5) is 19.2. The lowest BCUT2D eigenvalue weighted by molar-refractivity contribution is 0.949. The van der Waals surface area contributed by atoms with Crippen LogP contribution in [0.1, 0.15) is 17.0 Å².